The molecule has 0 bridgehead atoms. The van der Waals surface area contributed by atoms with Crippen LogP contribution < -0.4 is 5.32 Å². The molecule has 2 N–H and O–H groups in total. The quantitative estimate of drug-likeness (QED) is 0.889. The van der Waals surface area contributed by atoms with Crippen molar-refractivity contribution < 1.29 is 14.7 Å². The lowest BCUT2D eigenvalue weighted by atomic mass is 10.1. The number of hydrogen-bond donors (Lipinski definition) is 2. The van der Waals surface area contributed by atoms with Crippen LogP contribution in [0, 0.1) is 5.92 Å². The van der Waals surface area contributed by atoms with Crippen LogP contribution in [-0.2, 0) is 4.79 Å². The predicted molar refractivity (Wildman–Crippen MR) is 75.3 cm³/mol. The van der Waals surface area contributed by atoms with E-state index in [0.29, 0.717) is 18.0 Å². The molecule has 108 valence electrons. The zero-order chi connectivity index (χ0) is 14.7. The van der Waals surface area contributed by atoms with Gasteiger partial charge < -0.3 is 15.3 Å². The Bertz CT molecular complexity index is 489. The Kier molecular flexibility index (Phi) is 4.27. The standard InChI is InChI=1S/C15H20N2O3/c1-10-8-11(2)17(9-10)15(20)16-13(14(18)19)12-6-4-3-5-7-12/h3-7,10-11,13H,8-9H2,1-2H3,(H,16,20)(H,18,19)/t10?,11?,13-/m1/s1. The maximum atomic E-state index is 12.2. The van der Waals surface area contributed by atoms with Crippen molar-refractivity contribution in [2.24, 2.45) is 5.92 Å². The molecule has 0 spiro atoms. The highest BCUT2D eigenvalue weighted by molar-refractivity contribution is 5.84. The number of carboxylic acid groups (broad SMARTS) is 1. The van der Waals surface area contributed by atoms with Crippen LogP contribution in [0.1, 0.15) is 31.9 Å². The third-order valence-corrected chi connectivity index (χ3v) is 3.69. The molecule has 0 saturated carbocycles. The monoisotopic (exact) mass is 276 g/mol. The fourth-order valence-corrected chi connectivity index (χ4v) is 2.72. The number of carboxylic acids is 1. The highest BCUT2D eigenvalue weighted by Crippen LogP contribution is 2.23. The first-order valence-corrected chi connectivity index (χ1v) is 6.84. The number of nitrogens with one attached hydrogen (secondary N) is 1. The summed E-state index contributed by atoms with van der Waals surface area (Å²) in [5.74, 6) is -0.597. The summed E-state index contributed by atoms with van der Waals surface area (Å²) in [5.41, 5.74) is 0.577. The molecular weight excluding hydrogens is 256 g/mol. The first-order valence-electron chi connectivity index (χ1n) is 6.84. The summed E-state index contributed by atoms with van der Waals surface area (Å²) in [5, 5.41) is 11.9. The normalized spacial score (nSPS) is 23.4. The molecule has 1 aliphatic heterocycles. The molecule has 1 aromatic rings. The summed E-state index contributed by atoms with van der Waals surface area (Å²) >= 11 is 0. The number of rotatable bonds is 3. The Hall–Kier alpha value is -2.04. The summed E-state index contributed by atoms with van der Waals surface area (Å²) < 4.78 is 0. The summed E-state index contributed by atoms with van der Waals surface area (Å²) in [6, 6.07) is 7.58. The molecule has 0 aliphatic carbocycles. The number of hydrogen-bond acceptors (Lipinski definition) is 2. The maximum absolute atomic E-state index is 12.2. The molecule has 1 aliphatic rings. The van der Waals surface area contributed by atoms with E-state index in [1.54, 1.807) is 29.2 Å². The van der Waals surface area contributed by atoms with Crippen LogP contribution in [0.3, 0.4) is 0 Å². The van der Waals surface area contributed by atoms with Crippen molar-refractivity contribution in [2.45, 2.75) is 32.4 Å². The Morgan fingerprint density at radius 2 is 1.95 bits per heavy atom. The SMILES string of the molecule is CC1CC(C)N(C(=O)N[C@@H](C(=O)O)c2ccccc2)C1. The third kappa shape index (κ3) is 3.10. The van der Waals surface area contributed by atoms with Crippen LogP contribution in [0.25, 0.3) is 0 Å². The number of amides is 2. The second kappa shape index (κ2) is 5.94. The molecule has 5 heteroatoms. The molecule has 1 aromatic carbocycles. The summed E-state index contributed by atoms with van der Waals surface area (Å²) in [6.45, 7) is 4.76. The van der Waals surface area contributed by atoms with Crippen molar-refractivity contribution in [1.82, 2.24) is 10.2 Å². The predicted octanol–water partition coefficient (Wildman–Crippen LogP) is 2.25. The van der Waals surface area contributed by atoms with Crippen LogP contribution in [0.5, 0.6) is 0 Å². The zero-order valence-electron chi connectivity index (χ0n) is 11.7. The van der Waals surface area contributed by atoms with E-state index in [0.717, 1.165) is 6.42 Å². The van der Waals surface area contributed by atoms with Gasteiger partial charge in [0.25, 0.3) is 0 Å². The molecule has 3 atom stereocenters. The molecular formula is C15H20N2O3. The van der Waals surface area contributed by atoms with Crippen molar-refractivity contribution in [3.05, 3.63) is 35.9 Å². The zero-order valence-corrected chi connectivity index (χ0v) is 11.7. The van der Waals surface area contributed by atoms with Crippen molar-refractivity contribution in [1.29, 1.82) is 0 Å². The lowest BCUT2D eigenvalue weighted by Crippen LogP contribution is -2.45. The second-order valence-corrected chi connectivity index (χ2v) is 5.47. The fraction of sp³-hybridized carbons (Fsp3) is 0.467. The largest absolute Gasteiger partial charge is 0.479 e. The second-order valence-electron chi connectivity index (χ2n) is 5.47. The average Bonchev–Trinajstić information content (AvgIpc) is 2.75. The van der Waals surface area contributed by atoms with Crippen LogP contribution in [0.15, 0.2) is 30.3 Å². The van der Waals surface area contributed by atoms with E-state index >= 15 is 0 Å². The smallest absolute Gasteiger partial charge is 0.330 e. The van der Waals surface area contributed by atoms with Crippen molar-refractivity contribution in [2.75, 3.05) is 6.54 Å². The minimum absolute atomic E-state index is 0.148. The van der Waals surface area contributed by atoms with Crippen molar-refractivity contribution in [3.8, 4) is 0 Å². The fourth-order valence-electron chi connectivity index (χ4n) is 2.72. The molecule has 20 heavy (non-hydrogen) atoms. The lowest BCUT2D eigenvalue weighted by Gasteiger charge is -2.24. The minimum Gasteiger partial charge on any atom is -0.479 e. The van der Waals surface area contributed by atoms with Gasteiger partial charge in [-0.25, -0.2) is 9.59 Å². The maximum Gasteiger partial charge on any atom is 0.330 e. The van der Waals surface area contributed by atoms with Gasteiger partial charge in [0.1, 0.15) is 0 Å². The molecule has 1 fully saturated rings. The Balaban J connectivity index is 2.09. The van der Waals surface area contributed by atoms with Gasteiger partial charge in [-0.15, -0.1) is 0 Å². The molecule has 5 nitrogen and oxygen atoms in total. The lowest BCUT2D eigenvalue weighted by molar-refractivity contribution is -0.139. The Morgan fingerprint density at radius 3 is 2.45 bits per heavy atom. The molecule has 0 aromatic heterocycles. The van der Waals surface area contributed by atoms with Gasteiger partial charge in [-0.1, -0.05) is 37.3 Å². The van der Waals surface area contributed by atoms with E-state index in [1.165, 1.54) is 0 Å². The topological polar surface area (TPSA) is 69.6 Å². The molecule has 2 unspecified atom stereocenters. The van der Waals surface area contributed by atoms with Gasteiger partial charge in [0.05, 0.1) is 0 Å². The average molecular weight is 276 g/mol. The first kappa shape index (κ1) is 14.4. The van der Waals surface area contributed by atoms with Gasteiger partial charge >= 0.3 is 12.0 Å². The van der Waals surface area contributed by atoms with E-state index in [1.807, 2.05) is 13.0 Å². The summed E-state index contributed by atoms with van der Waals surface area (Å²) in [7, 11) is 0. The van der Waals surface area contributed by atoms with Gasteiger partial charge in [0.15, 0.2) is 6.04 Å². The van der Waals surface area contributed by atoms with E-state index in [4.69, 9.17) is 0 Å². The van der Waals surface area contributed by atoms with E-state index in [-0.39, 0.29) is 12.1 Å². The van der Waals surface area contributed by atoms with Crippen LogP contribution in [0.4, 0.5) is 4.79 Å². The Morgan fingerprint density at radius 1 is 1.30 bits per heavy atom. The van der Waals surface area contributed by atoms with E-state index in [2.05, 4.69) is 12.2 Å². The van der Waals surface area contributed by atoms with Crippen LogP contribution in [-0.4, -0.2) is 34.6 Å². The minimum atomic E-state index is -1.05. The molecule has 0 radical (unpaired) electrons. The highest BCUT2D eigenvalue weighted by atomic mass is 16.4. The van der Waals surface area contributed by atoms with Gasteiger partial charge in [-0.2, -0.15) is 0 Å². The number of carbonyl (C=O) groups is 2. The number of urea groups is 1. The van der Waals surface area contributed by atoms with Gasteiger partial charge in [0.2, 0.25) is 0 Å². The molecule has 2 rings (SSSR count). The van der Waals surface area contributed by atoms with Crippen molar-refractivity contribution >= 4 is 12.0 Å². The molecule has 1 saturated heterocycles. The highest BCUT2D eigenvalue weighted by Gasteiger charge is 2.32. The van der Waals surface area contributed by atoms with Gasteiger partial charge in [-0.05, 0) is 24.8 Å². The molecule has 2 amide bonds. The van der Waals surface area contributed by atoms with Crippen LogP contribution in [0.2, 0.25) is 0 Å². The van der Waals surface area contributed by atoms with Gasteiger partial charge in [0, 0.05) is 12.6 Å². The molecule has 1 heterocycles. The number of nitrogens with zero attached hydrogens (tertiary/aromatic N) is 1. The number of likely N-dealkylation sites (tertiary alicyclic amines) is 1. The Labute approximate surface area is 118 Å². The third-order valence-electron chi connectivity index (χ3n) is 3.69. The van der Waals surface area contributed by atoms with E-state index < -0.39 is 12.0 Å². The van der Waals surface area contributed by atoms with E-state index in [9.17, 15) is 14.7 Å². The number of carbonyl (C=O) groups excluding carboxylic acids is 1. The summed E-state index contributed by atoms with van der Waals surface area (Å²) in [6.07, 6.45) is 0.955. The summed E-state index contributed by atoms with van der Waals surface area (Å²) in [4.78, 5) is 25.3. The first-order chi connectivity index (χ1) is 9.49. The van der Waals surface area contributed by atoms with Crippen molar-refractivity contribution in [3.63, 3.8) is 0 Å². The number of aliphatic carboxylic acids is 1. The van der Waals surface area contributed by atoms with Crippen LogP contribution >= 0.6 is 0 Å². The number of benzene rings is 1. The van der Waals surface area contributed by atoms with Gasteiger partial charge in [-0.3, -0.25) is 0 Å².